The van der Waals surface area contributed by atoms with E-state index in [4.69, 9.17) is 19.3 Å². The molecule has 0 saturated carbocycles. The lowest BCUT2D eigenvalue weighted by Crippen LogP contribution is -2.32. The number of carbonyl (C=O) groups is 1. The van der Waals surface area contributed by atoms with E-state index in [-0.39, 0.29) is 11.7 Å². The zero-order valence-electron chi connectivity index (χ0n) is 14.0. The second-order valence-corrected chi connectivity index (χ2v) is 5.76. The van der Waals surface area contributed by atoms with Crippen molar-refractivity contribution in [1.82, 2.24) is 0 Å². The summed E-state index contributed by atoms with van der Waals surface area (Å²) in [5.41, 5.74) is 2.16. The van der Waals surface area contributed by atoms with Gasteiger partial charge < -0.3 is 19.3 Å². The summed E-state index contributed by atoms with van der Waals surface area (Å²) in [7, 11) is 1.61. The van der Waals surface area contributed by atoms with Crippen LogP contribution in [0.15, 0.2) is 42.5 Å². The molecule has 1 aliphatic rings. The topological polar surface area (TPSA) is 65.0 Å². The fraction of sp³-hybridized carbons (Fsp3) is 0.250. The van der Waals surface area contributed by atoms with Crippen LogP contribution in [0.1, 0.15) is 27.9 Å². The average molecular weight is 340 g/mol. The van der Waals surface area contributed by atoms with E-state index in [0.29, 0.717) is 18.1 Å². The van der Waals surface area contributed by atoms with Crippen LogP contribution >= 0.6 is 0 Å². The van der Waals surface area contributed by atoms with Gasteiger partial charge in [-0.05, 0) is 35.4 Å². The number of carboxylic acid groups (broad SMARTS) is 1. The largest absolute Gasteiger partial charge is 0.493 e. The molecule has 1 N–H and O–H groups in total. The Kier molecular flexibility index (Phi) is 5.36. The van der Waals surface area contributed by atoms with Crippen LogP contribution in [0.2, 0.25) is 0 Å². The third-order valence-corrected chi connectivity index (χ3v) is 4.03. The zero-order chi connectivity index (χ0) is 17.6. The van der Waals surface area contributed by atoms with Gasteiger partial charge in [0.1, 0.15) is 6.61 Å². The van der Waals surface area contributed by atoms with Gasteiger partial charge in [-0.15, -0.1) is 0 Å². The van der Waals surface area contributed by atoms with Crippen molar-refractivity contribution in [3.63, 3.8) is 0 Å². The minimum absolute atomic E-state index is 0.179. The van der Waals surface area contributed by atoms with Gasteiger partial charge in [-0.25, -0.2) is 4.79 Å². The van der Waals surface area contributed by atoms with Gasteiger partial charge >= 0.3 is 5.97 Å². The lowest BCUT2D eigenvalue weighted by molar-refractivity contribution is -0.0723. The maximum absolute atomic E-state index is 10.9. The molecule has 0 aromatic heterocycles. The summed E-state index contributed by atoms with van der Waals surface area (Å²) in [5, 5.41) is 8.91. The molecule has 0 amide bonds. The fourth-order valence-electron chi connectivity index (χ4n) is 2.44. The van der Waals surface area contributed by atoms with Crippen molar-refractivity contribution < 1.29 is 24.1 Å². The molecule has 1 saturated heterocycles. The zero-order valence-corrected chi connectivity index (χ0v) is 14.0. The number of ether oxygens (including phenoxy) is 3. The Balaban J connectivity index is 1.67. The Morgan fingerprint density at radius 1 is 1.16 bits per heavy atom. The van der Waals surface area contributed by atoms with E-state index >= 15 is 0 Å². The molecular weight excluding hydrogens is 320 g/mol. The molecule has 25 heavy (non-hydrogen) atoms. The summed E-state index contributed by atoms with van der Waals surface area (Å²) in [4.78, 5) is 10.9. The molecule has 0 aliphatic carbocycles. The second-order valence-electron chi connectivity index (χ2n) is 5.76. The van der Waals surface area contributed by atoms with Gasteiger partial charge in [0.2, 0.25) is 0 Å². The maximum Gasteiger partial charge on any atom is 0.335 e. The van der Waals surface area contributed by atoms with Crippen molar-refractivity contribution in [2.24, 2.45) is 0 Å². The first-order valence-electron chi connectivity index (χ1n) is 8.09. The Morgan fingerprint density at radius 2 is 1.84 bits per heavy atom. The number of hydrogen-bond acceptors (Lipinski definition) is 4. The van der Waals surface area contributed by atoms with Crippen molar-refractivity contribution in [3.8, 4) is 11.5 Å². The van der Waals surface area contributed by atoms with Gasteiger partial charge in [-0.2, -0.15) is 0 Å². The minimum atomic E-state index is -0.928. The summed E-state index contributed by atoms with van der Waals surface area (Å²) < 4.78 is 16.5. The van der Waals surface area contributed by atoms with Crippen molar-refractivity contribution in [2.75, 3.05) is 20.3 Å². The molecule has 130 valence electrons. The number of benzene rings is 2. The van der Waals surface area contributed by atoms with E-state index in [1.807, 2.05) is 30.4 Å². The van der Waals surface area contributed by atoms with Crippen molar-refractivity contribution >= 4 is 18.1 Å². The summed E-state index contributed by atoms with van der Waals surface area (Å²) >= 11 is 0. The van der Waals surface area contributed by atoms with Crippen molar-refractivity contribution in [1.29, 1.82) is 0 Å². The first-order valence-corrected chi connectivity index (χ1v) is 8.09. The van der Waals surface area contributed by atoms with Crippen LogP contribution in [0, 0.1) is 0 Å². The monoisotopic (exact) mass is 340 g/mol. The molecule has 0 radical (unpaired) electrons. The molecule has 5 heteroatoms. The first-order chi connectivity index (χ1) is 12.2. The highest BCUT2D eigenvalue weighted by Crippen LogP contribution is 2.29. The number of rotatable bonds is 7. The van der Waals surface area contributed by atoms with Crippen LogP contribution in [0.4, 0.5) is 0 Å². The van der Waals surface area contributed by atoms with Gasteiger partial charge in [0.05, 0.1) is 18.8 Å². The highest BCUT2D eigenvalue weighted by molar-refractivity contribution is 5.88. The van der Waals surface area contributed by atoms with E-state index in [9.17, 15) is 4.79 Å². The predicted molar refractivity (Wildman–Crippen MR) is 95.2 cm³/mol. The molecule has 1 unspecified atom stereocenters. The molecule has 1 heterocycles. The predicted octanol–water partition coefficient (Wildman–Crippen LogP) is 3.73. The van der Waals surface area contributed by atoms with Crippen LogP contribution in [0.5, 0.6) is 11.5 Å². The van der Waals surface area contributed by atoms with Crippen LogP contribution in [-0.2, 0) is 4.74 Å². The van der Waals surface area contributed by atoms with Crippen LogP contribution in [0.25, 0.3) is 12.2 Å². The first kappa shape index (κ1) is 17.0. The third-order valence-electron chi connectivity index (χ3n) is 4.03. The van der Waals surface area contributed by atoms with Crippen LogP contribution in [0.3, 0.4) is 0 Å². The van der Waals surface area contributed by atoms with Crippen LogP contribution in [-0.4, -0.2) is 37.5 Å². The molecule has 1 fully saturated rings. The molecule has 1 aliphatic heterocycles. The van der Waals surface area contributed by atoms with Gasteiger partial charge in [0, 0.05) is 13.0 Å². The Labute approximate surface area is 146 Å². The summed E-state index contributed by atoms with van der Waals surface area (Å²) in [6.07, 6.45) is 5.07. The van der Waals surface area contributed by atoms with Crippen LogP contribution < -0.4 is 9.47 Å². The standard InChI is InChI=1S/C20H20O5/c1-23-19-12-15(6-9-18(19)25-13-17-10-11-24-17)3-2-14-4-7-16(8-5-14)20(21)22/h2-9,12,17H,10-11,13H2,1H3,(H,21,22). The van der Waals surface area contributed by atoms with Crippen molar-refractivity contribution in [2.45, 2.75) is 12.5 Å². The maximum atomic E-state index is 10.9. The molecule has 1 atom stereocenters. The molecule has 0 bridgehead atoms. The third kappa shape index (κ3) is 4.39. The molecule has 0 spiro atoms. The summed E-state index contributed by atoms with van der Waals surface area (Å²) in [6, 6.07) is 12.4. The van der Waals surface area contributed by atoms with E-state index in [1.165, 1.54) is 0 Å². The number of aromatic carboxylic acids is 1. The molecule has 2 aromatic rings. The summed E-state index contributed by atoms with van der Waals surface area (Å²) in [6.45, 7) is 1.34. The Bertz CT molecular complexity index is 760. The SMILES string of the molecule is COc1cc(C=Cc2ccc(C(=O)O)cc2)ccc1OCC1CCO1. The van der Waals surface area contributed by atoms with E-state index in [2.05, 4.69) is 0 Å². The lowest BCUT2D eigenvalue weighted by atomic mass is 10.1. The van der Waals surface area contributed by atoms with Gasteiger partial charge in [-0.1, -0.05) is 30.4 Å². The number of methoxy groups -OCH3 is 1. The quantitative estimate of drug-likeness (QED) is 0.778. The normalized spacial score (nSPS) is 16.4. The number of hydrogen-bond donors (Lipinski definition) is 1. The molecular formula is C20H20O5. The smallest absolute Gasteiger partial charge is 0.335 e. The number of carboxylic acids is 1. The highest BCUT2D eigenvalue weighted by atomic mass is 16.6. The van der Waals surface area contributed by atoms with Gasteiger partial charge in [0.15, 0.2) is 11.5 Å². The molecule has 3 rings (SSSR count). The fourth-order valence-corrected chi connectivity index (χ4v) is 2.44. The van der Waals surface area contributed by atoms with Gasteiger partial charge in [-0.3, -0.25) is 0 Å². The highest BCUT2D eigenvalue weighted by Gasteiger charge is 2.19. The van der Waals surface area contributed by atoms with E-state index in [0.717, 1.165) is 24.2 Å². The lowest BCUT2D eigenvalue weighted by Gasteiger charge is -2.26. The van der Waals surface area contributed by atoms with E-state index < -0.39 is 5.97 Å². The summed E-state index contributed by atoms with van der Waals surface area (Å²) in [5.74, 6) is 0.437. The Hall–Kier alpha value is -2.79. The second kappa shape index (κ2) is 7.85. The van der Waals surface area contributed by atoms with E-state index in [1.54, 1.807) is 31.4 Å². The van der Waals surface area contributed by atoms with Gasteiger partial charge in [0.25, 0.3) is 0 Å². The molecule has 2 aromatic carbocycles. The van der Waals surface area contributed by atoms with Crippen molar-refractivity contribution in [3.05, 3.63) is 59.2 Å². The molecule has 5 nitrogen and oxygen atoms in total. The Morgan fingerprint density at radius 3 is 2.44 bits per heavy atom. The average Bonchev–Trinajstić information content (AvgIpc) is 2.59. The minimum Gasteiger partial charge on any atom is -0.493 e.